The molecule has 0 atom stereocenters. The largest absolute Gasteiger partial charge is 0.457 e. The standard InChI is InChI=1S/C22H18N4O2/c27-22(21-15-18(25-26-21)14-16-4-2-1-3-5-16)24-17-6-8-19(9-7-17)28-20-10-12-23-13-11-20/h1-13,15H,14H2,(H,24,27)(H,25,26). The number of H-pyrrole nitrogens is 1. The molecule has 2 aromatic carbocycles. The molecule has 0 aliphatic rings. The van der Waals surface area contributed by atoms with Crippen LogP contribution in [0.15, 0.2) is 85.2 Å². The SMILES string of the molecule is O=C(Nc1ccc(Oc2ccncc2)cc1)c1cc(Cc2ccccc2)[nH]n1. The zero-order chi connectivity index (χ0) is 19.2. The predicted octanol–water partition coefficient (Wildman–Crippen LogP) is 4.44. The molecule has 0 fully saturated rings. The van der Waals surface area contributed by atoms with E-state index in [-0.39, 0.29) is 5.91 Å². The number of aromatic nitrogens is 3. The highest BCUT2D eigenvalue weighted by atomic mass is 16.5. The Bertz CT molecular complexity index is 1040. The lowest BCUT2D eigenvalue weighted by molar-refractivity contribution is 0.102. The molecule has 0 saturated heterocycles. The van der Waals surface area contributed by atoms with Gasteiger partial charge in [-0.25, -0.2) is 0 Å². The van der Waals surface area contributed by atoms with Crippen LogP contribution in [0.3, 0.4) is 0 Å². The second-order valence-corrected chi connectivity index (χ2v) is 6.20. The quantitative estimate of drug-likeness (QED) is 0.526. The van der Waals surface area contributed by atoms with Crippen molar-refractivity contribution >= 4 is 11.6 Å². The molecular formula is C22H18N4O2. The minimum absolute atomic E-state index is 0.265. The Labute approximate surface area is 162 Å². The molecule has 4 rings (SSSR count). The van der Waals surface area contributed by atoms with Gasteiger partial charge in [-0.15, -0.1) is 0 Å². The van der Waals surface area contributed by atoms with Crippen LogP contribution < -0.4 is 10.1 Å². The summed E-state index contributed by atoms with van der Waals surface area (Å²) in [5, 5.41) is 9.88. The molecule has 2 N–H and O–H groups in total. The monoisotopic (exact) mass is 370 g/mol. The number of pyridine rings is 1. The smallest absolute Gasteiger partial charge is 0.276 e. The molecule has 0 aliphatic carbocycles. The van der Waals surface area contributed by atoms with E-state index in [4.69, 9.17) is 4.74 Å². The van der Waals surface area contributed by atoms with E-state index < -0.39 is 0 Å². The van der Waals surface area contributed by atoms with E-state index in [2.05, 4.69) is 20.5 Å². The first-order valence-electron chi connectivity index (χ1n) is 8.84. The van der Waals surface area contributed by atoms with Gasteiger partial charge in [0.15, 0.2) is 5.69 Å². The lowest BCUT2D eigenvalue weighted by Crippen LogP contribution is -2.12. The molecule has 4 aromatic rings. The second-order valence-electron chi connectivity index (χ2n) is 6.20. The average molecular weight is 370 g/mol. The van der Waals surface area contributed by atoms with Gasteiger partial charge in [-0.1, -0.05) is 30.3 Å². The zero-order valence-corrected chi connectivity index (χ0v) is 15.0. The van der Waals surface area contributed by atoms with Crippen molar-refractivity contribution in [1.82, 2.24) is 15.2 Å². The summed E-state index contributed by atoms with van der Waals surface area (Å²) in [4.78, 5) is 16.4. The first-order valence-corrected chi connectivity index (χ1v) is 8.84. The predicted molar refractivity (Wildman–Crippen MR) is 107 cm³/mol. The Morgan fingerprint density at radius 2 is 1.64 bits per heavy atom. The van der Waals surface area contributed by atoms with Crippen molar-refractivity contribution < 1.29 is 9.53 Å². The number of anilines is 1. The van der Waals surface area contributed by atoms with E-state index in [1.807, 2.05) is 30.3 Å². The number of ether oxygens (including phenoxy) is 1. The van der Waals surface area contributed by atoms with E-state index in [1.54, 1.807) is 54.9 Å². The first kappa shape index (κ1) is 17.5. The highest BCUT2D eigenvalue weighted by molar-refractivity contribution is 6.02. The summed E-state index contributed by atoms with van der Waals surface area (Å²) in [5.41, 5.74) is 3.06. The maximum atomic E-state index is 12.4. The van der Waals surface area contributed by atoms with E-state index in [9.17, 15) is 4.79 Å². The van der Waals surface area contributed by atoms with Gasteiger partial charge in [0, 0.05) is 30.2 Å². The zero-order valence-electron chi connectivity index (χ0n) is 15.0. The summed E-state index contributed by atoms with van der Waals surface area (Å²) in [7, 11) is 0. The number of nitrogens with zero attached hydrogens (tertiary/aromatic N) is 2. The van der Waals surface area contributed by atoms with Gasteiger partial charge in [0.1, 0.15) is 11.5 Å². The number of hydrogen-bond acceptors (Lipinski definition) is 4. The molecule has 0 unspecified atom stereocenters. The number of benzene rings is 2. The molecule has 138 valence electrons. The van der Waals surface area contributed by atoms with Crippen LogP contribution in [0.1, 0.15) is 21.7 Å². The molecule has 0 aliphatic heterocycles. The lowest BCUT2D eigenvalue weighted by atomic mass is 10.1. The van der Waals surface area contributed by atoms with Crippen LogP contribution in [0.4, 0.5) is 5.69 Å². The molecule has 28 heavy (non-hydrogen) atoms. The summed E-state index contributed by atoms with van der Waals surface area (Å²) in [6.07, 6.45) is 4.03. The molecule has 6 heteroatoms. The Hall–Kier alpha value is -3.93. The molecule has 0 saturated carbocycles. The molecule has 2 heterocycles. The third-order valence-corrected chi connectivity index (χ3v) is 4.10. The van der Waals surface area contributed by atoms with Crippen LogP contribution in [0, 0.1) is 0 Å². The molecule has 6 nitrogen and oxygen atoms in total. The van der Waals surface area contributed by atoms with Gasteiger partial charge in [-0.2, -0.15) is 5.10 Å². The molecule has 0 radical (unpaired) electrons. The summed E-state index contributed by atoms with van der Waals surface area (Å²) >= 11 is 0. The van der Waals surface area contributed by atoms with Crippen molar-refractivity contribution in [2.24, 2.45) is 0 Å². The second kappa shape index (κ2) is 8.18. The molecule has 0 spiro atoms. The maximum Gasteiger partial charge on any atom is 0.276 e. The number of hydrogen-bond donors (Lipinski definition) is 2. The summed E-state index contributed by atoms with van der Waals surface area (Å²) in [5.74, 6) is 1.11. The fourth-order valence-electron chi connectivity index (χ4n) is 2.73. The highest BCUT2D eigenvalue weighted by Crippen LogP contribution is 2.22. The van der Waals surface area contributed by atoms with Gasteiger partial charge in [0.05, 0.1) is 0 Å². The van der Waals surface area contributed by atoms with Gasteiger partial charge in [-0.05, 0) is 48.0 Å². The van der Waals surface area contributed by atoms with Crippen LogP contribution >= 0.6 is 0 Å². The first-order chi connectivity index (χ1) is 13.8. The number of carbonyl (C=O) groups excluding carboxylic acids is 1. The van der Waals surface area contributed by atoms with E-state index in [0.29, 0.717) is 29.3 Å². The van der Waals surface area contributed by atoms with Crippen molar-refractivity contribution in [2.75, 3.05) is 5.32 Å². The van der Waals surface area contributed by atoms with Gasteiger partial charge >= 0.3 is 0 Å². The van der Waals surface area contributed by atoms with Crippen LogP contribution in [-0.4, -0.2) is 21.1 Å². The third kappa shape index (κ3) is 4.42. The average Bonchev–Trinajstić information content (AvgIpc) is 3.20. The van der Waals surface area contributed by atoms with Crippen molar-refractivity contribution in [2.45, 2.75) is 6.42 Å². The number of aromatic amines is 1. The van der Waals surface area contributed by atoms with Crippen LogP contribution in [0.2, 0.25) is 0 Å². The van der Waals surface area contributed by atoms with Crippen LogP contribution in [-0.2, 0) is 6.42 Å². The number of carbonyl (C=O) groups is 1. The molecular weight excluding hydrogens is 352 g/mol. The van der Waals surface area contributed by atoms with Crippen LogP contribution in [0.5, 0.6) is 11.5 Å². The van der Waals surface area contributed by atoms with Gasteiger partial charge in [-0.3, -0.25) is 14.9 Å². The minimum atomic E-state index is -0.265. The molecule has 0 bridgehead atoms. The highest BCUT2D eigenvalue weighted by Gasteiger charge is 2.11. The number of nitrogens with one attached hydrogen (secondary N) is 2. The molecule has 1 amide bonds. The van der Waals surface area contributed by atoms with Crippen molar-refractivity contribution in [3.05, 3.63) is 102 Å². The number of amides is 1. The molecule has 2 aromatic heterocycles. The topological polar surface area (TPSA) is 79.9 Å². The van der Waals surface area contributed by atoms with Crippen LogP contribution in [0.25, 0.3) is 0 Å². The van der Waals surface area contributed by atoms with E-state index in [1.165, 1.54) is 0 Å². The Balaban J connectivity index is 1.37. The fraction of sp³-hybridized carbons (Fsp3) is 0.0455. The third-order valence-electron chi connectivity index (χ3n) is 4.10. The Morgan fingerprint density at radius 3 is 2.39 bits per heavy atom. The van der Waals surface area contributed by atoms with Gasteiger partial charge in [0.2, 0.25) is 0 Å². The minimum Gasteiger partial charge on any atom is -0.457 e. The summed E-state index contributed by atoms with van der Waals surface area (Å²) < 4.78 is 5.71. The van der Waals surface area contributed by atoms with Gasteiger partial charge < -0.3 is 10.1 Å². The number of rotatable bonds is 6. The fourth-order valence-corrected chi connectivity index (χ4v) is 2.73. The summed E-state index contributed by atoms with van der Waals surface area (Å²) in [6, 6.07) is 22.5. The maximum absolute atomic E-state index is 12.4. The van der Waals surface area contributed by atoms with Crippen molar-refractivity contribution in [3.8, 4) is 11.5 Å². The Kier molecular flexibility index (Phi) is 5.11. The normalized spacial score (nSPS) is 10.4. The Morgan fingerprint density at radius 1 is 0.929 bits per heavy atom. The lowest BCUT2D eigenvalue weighted by Gasteiger charge is -2.07. The summed E-state index contributed by atoms with van der Waals surface area (Å²) in [6.45, 7) is 0. The van der Waals surface area contributed by atoms with Crippen molar-refractivity contribution in [3.63, 3.8) is 0 Å². The van der Waals surface area contributed by atoms with E-state index >= 15 is 0 Å². The van der Waals surface area contributed by atoms with E-state index in [0.717, 1.165) is 11.3 Å². The van der Waals surface area contributed by atoms with Crippen molar-refractivity contribution in [1.29, 1.82) is 0 Å². The van der Waals surface area contributed by atoms with Gasteiger partial charge in [0.25, 0.3) is 5.91 Å².